The van der Waals surface area contributed by atoms with Crippen LogP contribution in [0.25, 0.3) is 11.1 Å². The highest BCUT2D eigenvalue weighted by molar-refractivity contribution is 6.32. The molecule has 2 heteroatoms. The molecule has 0 aliphatic heterocycles. The van der Waals surface area contributed by atoms with E-state index in [1.807, 2.05) is 12.1 Å². The fourth-order valence-corrected chi connectivity index (χ4v) is 3.02. The first kappa shape index (κ1) is 14.2. The molecule has 3 rings (SSSR count). The SMILES string of the molecule is Bc1ccc(C)c(C2=C(c3ccc(Cl)cc3)CCC=C2)c1. The fraction of sp³-hybridized carbons (Fsp3) is 0.158. The Bertz CT molecular complexity index is 724. The Morgan fingerprint density at radius 3 is 2.57 bits per heavy atom. The zero-order valence-electron chi connectivity index (χ0n) is 12.5. The van der Waals surface area contributed by atoms with Gasteiger partial charge in [0.1, 0.15) is 7.85 Å². The summed E-state index contributed by atoms with van der Waals surface area (Å²) < 4.78 is 0. The highest BCUT2D eigenvalue weighted by atomic mass is 35.5. The van der Waals surface area contributed by atoms with Gasteiger partial charge in [0.05, 0.1) is 0 Å². The van der Waals surface area contributed by atoms with Crippen LogP contribution < -0.4 is 5.46 Å². The van der Waals surface area contributed by atoms with Gasteiger partial charge < -0.3 is 0 Å². The highest BCUT2D eigenvalue weighted by Gasteiger charge is 2.14. The van der Waals surface area contributed by atoms with E-state index in [1.165, 1.54) is 33.3 Å². The predicted molar refractivity (Wildman–Crippen MR) is 96.0 cm³/mol. The van der Waals surface area contributed by atoms with Crippen molar-refractivity contribution in [2.75, 3.05) is 0 Å². The lowest BCUT2D eigenvalue weighted by Gasteiger charge is -2.19. The molecule has 0 bridgehead atoms. The molecule has 2 aromatic carbocycles. The van der Waals surface area contributed by atoms with Gasteiger partial charge in [-0.3, -0.25) is 0 Å². The summed E-state index contributed by atoms with van der Waals surface area (Å²) in [5.41, 5.74) is 8.02. The van der Waals surface area contributed by atoms with Crippen molar-refractivity contribution >= 4 is 36.1 Å². The summed E-state index contributed by atoms with van der Waals surface area (Å²) in [6.45, 7) is 2.18. The van der Waals surface area contributed by atoms with Gasteiger partial charge in [-0.15, -0.1) is 0 Å². The quantitative estimate of drug-likeness (QED) is 0.729. The Labute approximate surface area is 132 Å². The molecule has 0 aromatic heterocycles. The molecule has 21 heavy (non-hydrogen) atoms. The van der Waals surface area contributed by atoms with E-state index >= 15 is 0 Å². The molecule has 1 aliphatic carbocycles. The second kappa shape index (κ2) is 5.95. The van der Waals surface area contributed by atoms with E-state index in [9.17, 15) is 0 Å². The Morgan fingerprint density at radius 1 is 1.05 bits per heavy atom. The van der Waals surface area contributed by atoms with Gasteiger partial charge in [0.2, 0.25) is 0 Å². The lowest BCUT2D eigenvalue weighted by molar-refractivity contribution is 1.06. The summed E-state index contributed by atoms with van der Waals surface area (Å²) in [4.78, 5) is 0. The van der Waals surface area contributed by atoms with Gasteiger partial charge in [-0.05, 0) is 59.7 Å². The number of hydrogen-bond acceptors (Lipinski definition) is 0. The van der Waals surface area contributed by atoms with E-state index < -0.39 is 0 Å². The van der Waals surface area contributed by atoms with Gasteiger partial charge in [-0.2, -0.15) is 0 Å². The molecule has 0 nitrogen and oxygen atoms in total. The molecule has 0 amide bonds. The lowest BCUT2D eigenvalue weighted by atomic mass is 9.83. The van der Waals surface area contributed by atoms with E-state index in [4.69, 9.17) is 11.6 Å². The third kappa shape index (κ3) is 2.98. The van der Waals surface area contributed by atoms with Gasteiger partial charge in [0, 0.05) is 5.02 Å². The first-order chi connectivity index (χ1) is 10.1. The lowest BCUT2D eigenvalue weighted by Crippen LogP contribution is -2.05. The summed E-state index contributed by atoms with van der Waals surface area (Å²) in [6, 6.07) is 14.9. The van der Waals surface area contributed by atoms with Crippen molar-refractivity contribution in [1.82, 2.24) is 0 Å². The fourth-order valence-electron chi connectivity index (χ4n) is 2.89. The molecule has 0 N–H and O–H groups in total. The zero-order valence-corrected chi connectivity index (χ0v) is 13.2. The molecule has 2 aromatic rings. The molecule has 0 radical (unpaired) electrons. The van der Waals surface area contributed by atoms with Crippen LogP contribution in [0.2, 0.25) is 5.02 Å². The highest BCUT2D eigenvalue weighted by Crippen LogP contribution is 2.35. The second-order valence-corrected chi connectivity index (χ2v) is 6.09. The van der Waals surface area contributed by atoms with Gasteiger partial charge in [-0.25, -0.2) is 0 Å². The number of hydrogen-bond donors (Lipinski definition) is 0. The van der Waals surface area contributed by atoms with Crippen molar-refractivity contribution in [2.45, 2.75) is 19.8 Å². The van der Waals surface area contributed by atoms with E-state index in [0.29, 0.717) is 0 Å². The van der Waals surface area contributed by atoms with Crippen LogP contribution >= 0.6 is 11.6 Å². The van der Waals surface area contributed by atoms with Crippen molar-refractivity contribution in [3.63, 3.8) is 0 Å². The summed E-state index contributed by atoms with van der Waals surface area (Å²) in [5, 5.41) is 0.791. The maximum Gasteiger partial charge on any atom is 0.139 e. The molecular weight excluding hydrogens is 274 g/mol. The standard InChI is InChI=1S/C19H18BCl/c1-13-6-9-15(20)12-19(13)18-5-3-2-4-17(18)14-7-10-16(21)11-8-14/h3,5-12H,2,4,20H2,1H3. The normalized spacial score (nSPS) is 14.6. The largest absolute Gasteiger partial charge is 0.139 e. The number of benzene rings is 2. The molecule has 0 heterocycles. The summed E-state index contributed by atoms with van der Waals surface area (Å²) in [6.07, 6.45) is 6.74. The Balaban J connectivity index is 2.17. The van der Waals surface area contributed by atoms with E-state index in [-0.39, 0.29) is 0 Å². The number of halogens is 1. The summed E-state index contributed by atoms with van der Waals surface area (Å²) in [7, 11) is 2.15. The Hall–Kier alpha value is -1.73. The van der Waals surface area contributed by atoms with Crippen LogP contribution in [0.15, 0.2) is 54.6 Å². The van der Waals surface area contributed by atoms with Crippen LogP contribution in [0.4, 0.5) is 0 Å². The minimum Gasteiger partial charge on any atom is -0.0883 e. The third-order valence-corrected chi connectivity index (χ3v) is 4.30. The molecule has 0 saturated heterocycles. The Morgan fingerprint density at radius 2 is 1.81 bits per heavy atom. The maximum atomic E-state index is 6.02. The molecule has 0 atom stereocenters. The van der Waals surface area contributed by atoms with Crippen LogP contribution in [0.1, 0.15) is 29.5 Å². The van der Waals surface area contributed by atoms with Crippen molar-refractivity contribution in [1.29, 1.82) is 0 Å². The van der Waals surface area contributed by atoms with Crippen LogP contribution in [0.3, 0.4) is 0 Å². The summed E-state index contributed by atoms with van der Waals surface area (Å²) >= 11 is 6.02. The third-order valence-electron chi connectivity index (χ3n) is 4.05. The number of allylic oxidation sites excluding steroid dienone is 4. The predicted octanol–water partition coefficient (Wildman–Crippen LogP) is 4.17. The van der Waals surface area contributed by atoms with E-state index in [1.54, 1.807) is 0 Å². The monoisotopic (exact) mass is 292 g/mol. The van der Waals surface area contributed by atoms with Crippen molar-refractivity contribution < 1.29 is 0 Å². The van der Waals surface area contributed by atoms with Crippen LogP contribution in [-0.2, 0) is 0 Å². The van der Waals surface area contributed by atoms with Gasteiger partial charge in [0.15, 0.2) is 0 Å². The minimum atomic E-state index is 0.791. The average molecular weight is 293 g/mol. The molecule has 0 saturated carbocycles. The summed E-state index contributed by atoms with van der Waals surface area (Å²) in [5.74, 6) is 0. The van der Waals surface area contributed by atoms with E-state index in [0.717, 1.165) is 17.9 Å². The molecular formula is C19H18BCl. The smallest absolute Gasteiger partial charge is 0.0883 e. The van der Waals surface area contributed by atoms with Crippen LogP contribution in [0.5, 0.6) is 0 Å². The first-order valence-corrected chi connectivity index (χ1v) is 7.76. The topological polar surface area (TPSA) is 0 Å². The minimum absolute atomic E-state index is 0.791. The van der Waals surface area contributed by atoms with Crippen molar-refractivity contribution in [2.24, 2.45) is 0 Å². The van der Waals surface area contributed by atoms with Gasteiger partial charge >= 0.3 is 0 Å². The van der Waals surface area contributed by atoms with Crippen molar-refractivity contribution in [3.05, 3.63) is 76.3 Å². The van der Waals surface area contributed by atoms with Gasteiger partial charge in [-0.1, -0.05) is 59.5 Å². The number of rotatable bonds is 2. The first-order valence-electron chi connectivity index (χ1n) is 7.38. The molecule has 0 spiro atoms. The zero-order chi connectivity index (χ0) is 14.8. The average Bonchev–Trinajstić information content (AvgIpc) is 2.51. The van der Waals surface area contributed by atoms with Crippen molar-refractivity contribution in [3.8, 4) is 0 Å². The molecule has 0 fully saturated rings. The molecule has 1 aliphatic rings. The molecule has 0 unspecified atom stereocenters. The van der Waals surface area contributed by atoms with E-state index in [2.05, 4.69) is 57.3 Å². The van der Waals surface area contributed by atoms with Crippen LogP contribution in [0, 0.1) is 6.92 Å². The molecule has 104 valence electrons. The maximum absolute atomic E-state index is 6.02. The second-order valence-electron chi connectivity index (χ2n) is 5.66. The van der Waals surface area contributed by atoms with Gasteiger partial charge in [0.25, 0.3) is 0 Å². The van der Waals surface area contributed by atoms with Crippen LogP contribution in [-0.4, -0.2) is 7.85 Å². The Kier molecular flexibility index (Phi) is 4.03. The number of aryl methyl sites for hydroxylation is 1.